The van der Waals surface area contributed by atoms with Gasteiger partial charge in [0.1, 0.15) is 0 Å². The van der Waals surface area contributed by atoms with Crippen LogP contribution in [0, 0.1) is 0 Å². The van der Waals surface area contributed by atoms with Gasteiger partial charge in [0.05, 0.1) is 0 Å². The molecule has 0 amide bonds. The molecule has 0 bridgehead atoms. The van der Waals surface area contributed by atoms with E-state index < -0.39 is 5.97 Å². The smallest absolute Gasteiger partial charge is 0.303 e. The second-order valence-corrected chi connectivity index (χ2v) is 3.22. The lowest BCUT2D eigenvalue weighted by molar-refractivity contribution is -0.137. The predicted octanol–water partition coefficient (Wildman–Crippen LogP) is 1.01. The fourth-order valence-electron chi connectivity index (χ4n) is 1.24. The molecule has 0 atom stereocenters. The Bertz CT molecular complexity index is 257. The Hall–Kier alpha value is -1.29. The molecule has 14 heavy (non-hydrogen) atoms. The van der Waals surface area contributed by atoms with Gasteiger partial charge < -0.3 is 15.4 Å². The number of aromatic nitrogens is 1. The molecule has 1 heterocycles. The normalized spacial score (nSPS) is 10.3. The summed E-state index contributed by atoms with van der Waals surface area (Å²) in [7, 11) is 0. The third-order valence-electron chi connectivity index (χ3n) is 2.00. The summed E-state index contributed by atoms with van der Waals surface area (Å²) in [6.07, 6.45) is 5.80. The molecule has 4 nitrogen and oxygen atoms in total. The topological polar surface area (TPSA) is 65.1 Å². The van der Waals surface area contributed by atoms with Crippen molar-refractivity contribution in [1.29, 1.82) is 0 Å². The number of nitrogens with one attached hydrogen (secondary N) is 2. The highest BCUT2D eigenvalue weighted by Gasteiger charge is 1.96. The third-order valence-corrected chi connectivity index (χ3v) is 2.00. The summed E-state index contributed by atoms with van der Waals surface area (Å²) in [5.74, 6) is -0.725. The van der Waals surface area contributed by atoms with Crippen molar-refractivity contribution < 1.29 is 9.90 Å². The lowest BCUT2D eigenvalue weighted by Crippen LogP contribution is -2.19. The summed E-state index contributed by atoms with van der Waals surface area (Å²) in [4.78, 5) is 13.2. The average molecular weight is 196 g/mol. The molecule has 1 aromatic rings. The molecule has 0 aliphatic heterocycles. The van der Waals surface area contributed by atoms with Crippen LogP contribution in [-0.4, -0.2) is 29.1 Å². The number of hydrogen-bond acceptors (Lipinski definition) is 2. The highest BCUT2D eigenvalue weighted by molar-refractivity contribution is 5.66. The molecule has 0 aromatic carbocycles. The lowest BCUT2D eigenvalue weighted by atomic mass is 10.2. The molecule has 0 aliphatic carbocycles. The molecule has 0 saturated carbocycles. The summed E-state index contributed by atoms with van der Waals surface area (Å²) in [5.41, 5.74) is 1.27. The first kappa shape index (κ1) is 10.8. The SMILES string of the molecule is O=C(O)CCCNCCc1cc[nH]c1. The highest BCUT2D eigenvalue weighted by Crippen LogP contribution is 1.96. The number of H-pyrrole nitrogens is 1. The molecule has 3 N–H and O–H groups in total. The van der Waals surface area contributed by atoms with Gasteiger partial charge in [-0.05, 0) is 37.6 Å². The Morgan fingerprint density at radius 1 is 1.50 bits per heavy atom. The van der Waals surface area contributed by atoms with Crippen molar-refractivity contribution in [1.82, 2.24) is 10.3 Å². The molecule has 1 aromatic heterocycles. The fraction of sp³-hybridized carbons (Fsp3) is 0.500. The van der Waals surface area contributed by atoms with E-state index in [9.17, 15) is 4.79 Å². The minimum absolute atomic E-state index is 0.247. The van der Waals surface area contributed by atoms with Crippen LogP contribution in [0.4, 0.5) is 0 Å². The minimum Gasteiger partial charge on any atom is -0.481 e. The van der Waals surface area contributed by atoms with Crippen molar-refractivity contribution in [2.75, 3.05) is 13.1 Å². The number of aromatic amines is 1. The summed E-state index contributed by atoms with van der Waals surface area (Å²) in [5, 5.41) is 11.6. The van der Waals surface area contributed by atoms with Crippen molar-refractivity contribution in [3.63, 3.8) is 0 Å². The fourth-order valence-corrected chi connectivity index (χ4v) is 1.24. The first-order valence-electron chi connectivity index (χ1n) is 4.83. The van der Waals surface area contributed by atoms with Crippen molar-refractivity contribution in [2.24, 2.45) is 0 Å². The van der Waals surface area contributed by atoms with E-state index in [4.69, 9.17) is 5.11 Å². The standard InChI is InChI=1S/C10H16N2O2/c13-10(14)2-1-5-11-6-3-9-4-7-12-8-9/h4,7-8,11-12H,1-3,5-6H2,(H,13,14). The minimum atomic E-state index is -0.725. The van der Waals surface area contributed by atoms with Crippen molar-refractivity contribution in [2.45, 2.75) is 19.3 Å². The van der Waals surface area contributed by atoms with E-state index in [-0.39, 0.29) is 6.42 Å². The van der Waals surface area contributed by atoms with Crippen LogP contribution >= 0.6 is 0 Å². The van der Waals surface area contributed by atoms with Gasteiger partial charge in [-0.3, -0.25) is 4.79 Å². The van der Waals surface area contributed by atoms with E-state index >= 15 is 0 Å². The number of carbonyl (C=O) groups is 1. The maximum absolute atomic E-state index is 10.2. The molecule has 0 radical (unpaired) electrons. The van der Waals surface area contributed by atoms with E-state index in [1.807, 2.05) is 18.5 Å². The van der Waals surface area contributed by atoms with E-state index in [0.717, 1.165) is 19.5 Å². The maximum atomic E-state index is 10.2. The Kier molecular flexibility index (Phi) is 4.78. The van der Waals surface area contributed by atoms with Crippen molar-refractivity contribution >= 4 is 5.97 Å². The first-order valence-corrected chi connectivity index (χ1v) is 4.83. The largest absolute Gasteiger partial charge is 0.481 e. The maximum Gasteiger partial charge on any atom is 0.303 e. The van der Waals surface area contributed by atoms with Gasteiger partial charge in [0, 0.05) is 18.8 Å². The molecule has 0 saturated heterocycles. The zero-order chi connectivity index (χ0) is 10.2. The predicted molar refractivity (Wildman–Crippen MR) is 54.2 cm³/mol. The van der Waals surface area contributed by atoms with Gasteiger partial charge in [-0.15, -0.1) is 0 Å². The molecular weight excluding hydrogens is 180 g/mol. The van der Waals surface area contributed by atoms with Gasteiger partial charge in [0.25, 0.3) is 0 Å². The molecule has 0 aliphatic rings. The van der Waals surface area contributed by atoms with Crippen LogP contribution in [-0.2, 0) is 11.2 Å². The van der Waals surface area contributed by atoms with Gasteiger partial charge in [-0.2, -0.15) is 0 Å². The van der Waals surface area contributed by atoms with Gasteiger partial charge in [-0.25, -0.2) is 0 Å². The van der Waals surface area contributed by atoms with Crippen LogP contribution in [0.1, 0.15) is 18.4 Å². The van der Waals surface area contributed by atoms with E-state index in [2.05, 4.69) is 10.3 Å². The van der Waals surface area contributed by atoms with E-state index in [0.29, 0.717) is 6.42 Å². The lowest BCUT2D eigenvalue weighted by Gasteiger charge is -2.01. The second kappa shape index (κ2) is 6.21. The zero-order valence-electron chi connectivity index (χ0n) is 8.12. The molecular formula is C10H16N2O2. The van der Waals surface area contributed by atoms with Crippen LogP contribution in [0.15, 0.2) is 18.5 Å². The van der Waals surface area contributed by atoms with Crippen LogP contribution in [0.3, 0.4) is 0 Å². The van der Waals surface area contributed by atoms with E-state index in [1.54, 1.807) is 0 Å². The number of carboxylic acid groups (broad SMARTS) is 1. The van der Waals surface area contributed by atoms with Crippen LogP contribution in [0.5, 0.6) is 0 Å². The molecule has 0 spiro atoms. The molecule has 1 rings (SSSR count). The van der Waals surface area contributed by atoms with Crippen LogP contribution in [0.25, 0.3) is 0 Å². The number of hydrogen-bond donors (Lipinski definition) is 3. The Morgan fingerprint density at radius 2 is 2.36 bits per heavy atom. The second-order valence-electron chi connectivity index (χ2n) is 3.22. The molecule has 4 heteroatoms. The summed E-state index contributed by atoms with van der Waals surface area (Å²) >= 11 is 0. The van der Waals surface area contributed by atoms with Crippen LogP contribution in [0.2, 0.25) is 0 Å². The first-order chi connectivity index (χ1) is 6.79. The molecule has 0 fully saturated rings. The zero-order valence-corrected chi connectivity index (χ0v) is 8.12. The summed E-state index contributed by atoms with van der Waals surface area (Å²) < 4.78 is 0. The summed E-state index contributed by atoms with van der Waals surface area (Å²) in [6, 6.07) is 2.04. The van der Waals surface area contributed by atoms with Gasteiger partial charge >= 0.3 is 5.97 Å². The quantitative estimate of drug-likeness (QED) is 0.570. The monoisotopic (exact) mass is 196 g/mol. The number of carboxylic acids is 1. The van der Waals surface area contributed by atoms with Gasteiger partial charge in [0.2, 0.25) is 0 Å². The van der Waals surface area contributed by atoms with Crippen LogP contribution < -0.4 is 5.32 Å². The Morgan fingerprint density at radius 3 is 3.00 bits per heavy atom. The van der Waals surface area contributed by atoms with E-state index in [1.165, 1.54) is 5.56 Å². The van der Waals surface area contributed by atoms with Gasteiger partial charge in [0.15, 0.2) is 0 Å². The Balaban J connectivity index is 1.92. The summed E-state index contributed by atoms with van der Waals surface area (Å²) in [6.45, 7) is 1.67. The third kappa shape index (κ3) is 4.67. The van der Waals surface area contributed by atoms with Gasteiger partial charge in [-0.1, -0.05) is 0 Å². The number of rotatable bonds is 7. The molecule has 0 unspecified atom stereocenters. The average Bonchev–Trinajstić information content (AvgIpc) is 2.63. The molecule has 78 valence electrons. The van der Waals surface area contributed by atoms with Crippen molar-refractivity contribution in [3.05, 3.63) is 24.0 Å². The highest BCUT2D eigenvalue weighted by atomic mass is 16.4. The van der Waals surface area contributed by atoms with Crippen molar-refractivity contribution in [3.8, 4) is 0 Å². The Labute approximate surface area is 83.3 Å². The number of aliphatic carboxylic acids is 1.